The molecule has 2 aliphatic heterocycles. The van der Waals surface area contributed by atoms with Crippen LogP contribution in [0.4, 0.5) is 9.18 Å². The minimum absolute atomic E-state index is 0.296. The van der Waals surface area contributed by atoms with E-state index in [0.29, 0.717) is 37.2 Å². The number of carbonyl (C=O) groups excluding carboxylic acids is 1. The van der Waals surface area contributed by atoms with Gasteiger partial charge in [-0.15, -0.1) is 0 Å². The van der Waals surface area contributed by atoms with E-state index in [1.165, 1.54) is 6.07 Å². The standard InChI is InChI=1S/C19H26FNO4/c1-12-15(6-5-7-16(12)20)19(23)8-13-10-24-11-14(9-19)21(13)17(22)25-18(2,3)4/h5-7,13-14,23H,8-11H2,1-4H3. The number of aliphatic hydroxyl groups is 1. The van der Waals surface area contributed by atoms with Crippen LogP contribution < -0.4 is 0 Å². The number of rotatable bonds is 1. The van der Waals surface area contributed by atoms with Gasteiger partial charge in [-0.25, -0.2) is 9.18 Å². The molecular formula is C19H26FNO4. The predicted octanol–water partition coefficient (Wildman–Crippen LogP) is 3.12. The Labute approximate surface area is 147 Å². The Morgan fingerprint density at radius 1 is 1.32 bits per heavy atom. The van der Waals surface area contributed by atoms with Gasteiger partial charge in [-0.05, 0) is 44.9 Å². The monoisotopic (exact) mass is 351 g/mol. The highest BCUT2D eigenvalue weighted by Crippen LogP contribution is 2.42. The largest absolute Gasteiger partial charge is 0.444 e. The summed E-state index contributed by atoms with van der Waals surface area (Å²) in [6.45, 7) is 7.84. The van der Waals surface area contributed by atoms with Gasteiger partial charge in [-0.1, -0.05) is 12.1 Å². The fraction of sp³-hybridized carbons (Fsp3) is 0.632. The van der Waals surface area contributed by atoms with Gasteiger partial charge in [0.2, 0.25) is 0 Å². The molecule has 1 aromatic carbocycles. The van der Waals surface area contributed by atoms with Crippen LogP contribution in [0.25, 0.3) is 0 Å². The highest BCUT2D eigenvalue weighted by molar-refractivity contribution is 5.69. The topological polar surface area (TPSA) is 59.0 Å². The van der Waals surface area contributed by atoms with Crippen LogP contribution in [0.3, 0.4) is 0 Å². The zero-order valence-electron chi connectivity index (χ0n) is 15.2. The van der Waals surface area contributed by atoms with Crippen molar-refractivity contribution in [2.24, 2.45) is 0 Å². The molecule has 0 spiro atoms. The van der Waals surface area contributed by atoms with Crippen LogP contribution in [0.2, 0.25) is 0 Å². The Kier molecular flexibility index (Phi) is 4.54. The minimum Gasteiger partial charge on any atom is -0.444 e. The van der Waals surface area contributed by atoms with Crippen molar-refractivity contribution >= 4 is 6.09 Å². The third-order valence-electron chi connectivity index (χ3n) is 4.93. The zero-order valence-corrected chi connectivity index (χ0v) is 15.2. The molecule has 25 heavy (non-hydrogen) atoms. The summed E-state index contributed by atoms with van der Waals surface area (Å²) in [5, 5.41) is 11.3. The fourth-order valence-electron chi connectivity index (χ4n) is 3.92. The first kappa shape index (κ1) is 18.1. The van der Waals surface area contributed by atoms with Gasteiger partial charge in [0.15, 0.2) is 0 Å². The average molecular weight is 351 g/mol. The van der Waals surface area contributed by atoms with E-state index in [1.54, 1.807) is 24.0 Å². The first-order valence-electron chi connectivity index (χ1n) is 8.68. The molecule has 0 aliphatic carbocycles. The number of ether oxygens (including phenoxy) is 2. The molecule has 6 heteroatoms. The highest BCUT2D eigenvalue weighted by Gasteiger charge is 2.50. The first-order valence-corrected chi connectivity index (χ1v) is 8.68. The number of benzene rings is 1. The Hall–Kier alpha value is -1.66. The van der Waals surface area contributed by atoms with Crippen LogP contribution in [0, 0.1) is 12.7 Å². The summed E-state index contributed by atoms with van der Waals surface area (Å²) >= 11 is 0. The van der Waals surface area contributed by atoms with Gasteiger partial charge in [-0.3, -0.25) is 4.90 Å². The third kappa shape index (κ3) is 3.51. The van der Waals surface area contributed by atoms with Crippen molar-refractivity contribution < 1.29 is 23.8 Å². The van der Waals surface area contributed by atoms with Crippen LogP contribution in [-0.4, -0.2) is 47.0 Å². The van der Waals surface area contributed by atoms with Crippen molar-refractivity contribution in [1.29, 1.82) is 0 Å². The molecule has 2 unspecified atom stereocenters. The van der Waals surface area contributed by atoms with Crippen LogP contribution in [0.1, 0.15) is 44.7 Å². The molecule has 2 aliphatic rings. The van der Waals surface area contributed by atoms with E-state index in [1.807, 2.05) is 20.8 Å². The van der Waals surface area contributed by atoms with Gasteiger partial charge in [0, 0.05) is 12.8 Å². The van der Waals surface area contributed by atoms with E-state index >= 15 is 0 Å². The number of nitrogens with zero attached hydrogens (tertiary/aromatic N) is 1. The normalized spacial score (nSPS) is 29.4. The van der Waals surface area contributed by atoms with Crippen molar-refractivity contribution in [3.63, 3.8) is 0 Å². The van der Waals surface area contributed by atoms with Gasteiger partial charge in [0.25, 0.3) is 0 Å². The van der Waals surface area contributed by atoms with E-state index < -0.39 is 11.2 Å². The van der Waals surface area contributed by atoms with Crippen LogP contribution >= 0.6 is 0 Å². The summed E-state index contributed by atoms with van der Waals surface area (Å²) in [5.41, 5.74) is -0.717. The lowest BCUT2D eigenvalue weighted by molar-refractivity contribution is -0.141. The van der Waals surface area contributed by atoms with Crippen LogP contribution in [0.15, 0.2) is 18.2 Å². The number of morpholine rings is 1. The molecule has 1 N–H and O–H groups in total. The molecule has 2 bridgehead atoms. The summed E-state index contributed by atoms with van der Waals surface area (Å²) in [5.74, 6) is -0.332. The van der Waals surface area contributed by atoms with Gasteiger partial charge in [0.05, 0.1) is 30.9 Å². The number of amides is 1. The molecule has 1 amide bonds. The quantitative estimate of drug-likeness (QED) is 0.845. The molecule has 0 saturated carbocycles. The maximum atomic E-state index is 14.0. The summed E-state index contributed by atoms with van der Waals surface area (Å²) in [4.78, 5) is 14.3. The number of carbonyl (C=O) groups is 1. The molecule has 5 nitrogen and oxygen atoms in total. The Morgan fingerprint density at radius 2 is 1.92 bits per heavy atom. The molecule has 138 valence electrons. The maximum Gasteiger partial charge on any atom is 0.410 e. The van der Waals surface area contributed by atoms with E-state index in [4.69, 9.17) is 9.47 Å². The van der Waals surface area contributed by atoms with Crippen LogP contribution in [-0.2, 0) is 15.1 Å². The third-order valence-corrected chi connectivity index (χ3v) is 4.93. The van der Waals surface area contributed by atoms with Crippen molar-refractivity contribution in [3.05, 3.63) is 35.1 Å². The Morgan fingerprint density at radius 3 is 2.48 bits per heavy atom. The number of hydrogen-bond donors (Lipinski definition) is 1. The number of halogens is 1. The van der Waals surface area contributed by atoms with Gasteiger partial charge in [0.1, 0.15) is 11.4 Å². The average Bonchev–Trinajstić information content (AvgIpc) is 2.47. The van der Waals surface area contributed by atoms with E-state index in [2.05, 4.69) is 0 Å². The summed E-state index contributed by atoms with van der Waals surface area (Å²) in [6.07, 6.45) is 0.212. The summed E-state index contributed by atoms with van der Waals surface area (Å²) < 4.78 is 25.1. The summed E-state index contributed by atoms with van der Waals surface area (Å²) in [6, 6.07) is 4.17. The Balaban J connectivity index is 1.88. The second-order valence-electron chi connectivity index (χ2n) is 8.08. The highest BCUT2D eigenvalue weighted by atomic mass is 19.1. The molecule has 3 rings (SSSR count). The maximum absolute atomic E-state index is 14.0. The van der Waals surface area contributed by atoms with Gasteiger partial charge in [-0.2, -0.15) is 0 Å². The second-order valence-corrected chi connectivity index (χ2v) is 8.08. The van der Waals surface area contributed by atoms with Crippen molar-refractivity contribution in [1.82, 2.24) is 4.90 Å². The van der Waals surface area contributed by atoms with Crippen molar-refractivity contribution in [2.75, 3.05) is 13.2 Å². The molecule has 2 saturated heterocycles. The Bertz CT molecular complexity index is 656. The van der Waals surface area contributed by atoms with Crippen molar-refractivity contribution in [3.8, 4) is 0 Å². The lowest BCUT2D eigenvalue weighted by Gasteiger charge is -2.51. The van der Waals surface area contributed by atoms with E-state index in [9.17, 15) is 14.3 Å². The minimum atomic E-state index is -1.18. The fourth-order valence-corrected chi connectivity index (χ4v) is 3.92. The molecule has 2 fully saturated rings. The van der Waals surface area contributed by atoms with E-state index in [-0.39, 0.29) is 24.0 Å². The SMILES string of the molecule is Cc1c(F)cccc1C1(O)CC2COCC(C1)N2C(=O)OC(C)(C)C. The van der Waals surface area contributed by atoms with Crippen LogP contribution in [0.5, 0.6) is 0 Å². The van der Waals surface area contributed by atoms with Gasteiger partial charge < -0.3 is 14.6 Å². The number of hydrogen-bond acceptors (Lipinski definition) is 4. The molecule has 2 atom stereocenters. The molecular weight excluding hydrogens is 325 g/mol. The molecule has 1 aromatic rings. The molecule has 2 heterocycles. The molecule has 0 aromatic heterocycles. The number of fused-ring (bicyclic) bond motifs is 2. The van der Waals surface area contributed by atoms with E-state index in [0.717, 1.165) is 0 Å². The molecule has 0 radical (unpaired) electrons. The lowest BCUT2D eigenvalue weighted by Crippen LogP contribution is -2.63. The zero-order chi connectivity index (χ0) is 18.4. The smallest absolute Gasteiger partial charge is 0.410 e. The van der Waals surface area contributed by atoms with Crippen molar-refractivity contribution in [2.45, 2.75) is 63.8 Å². The second kappa shape index (κ2) is 6.25. The summed E-state index contributed by atoms with van der Waals surface area (Å²) in [7, 11) is 0. The number of piperidine rings is 1. The first-order chi connectivity index (χ1) is 11.6. The predicted molar refractivity (Wildman–Crippen MR) is 90.7 cm³/mol. The van der Waals surface area contributed by atoms with Gasteiger partial charge >= 0.3 is 6.09 Å². The lowest BCUT2D eigenvalue weighted by atomic mass is 9.75.